The van der Waals surface area contributed by atoms with Gasteiger partial charge in [0.05, 0.1) is 25.0 Å². The summed E-state index contributed by atoms with van der Waals surface area (Å²) < 4.78 is 0. The quantitative estimate of drug-likeness (QED) is 0.833. The molecule has 1 aromatic rings. The fourth-order valence-electron chi connectivity index (χ4n) is 1.44. The average molecular weight is 258 g/mol. The van der Waals surface area contributed by atoms with Crippen LogP contribution in [-0.2, 0) is 0 Å². The lowest BCUT2D eigenvalue weighted by Gasteiger charge is -2.17. The predicted octanol–water partition coefficient (Wildman–Crippen LogP) is 1.27. The van der Waals surface area contributed by atoms with Gasteiger partial charge in [-0.25, -0.2) is 9.97 Å². The molecule has 6 heteroatoms. The number of aliphatic hydroxyl groups is 1. The number of aliphatic hydroxyl groups excluding tert-OH is 1. The molecule has 0 saturated carbocycles. The molecular formula is C11H16ClN3O2. The van der Waals surface area contributed by atoms with Crippen LogP contribution in [0.15, 0.2) is 12.4 Å². The molecule has 1 rings (SSSR count). The molecule has 5 nitrogen and oxygen atoms in total. The summed E-state index contributed by atoms with van der Waals surface area (Å²) in [6, 6.07) is -0.264. The monoisotopic (exact) mass is 257 g/mol. The Balaban J connectivity index is 2.61. The molecule has 17 heavy (non-hydrogen) atoms. The van der Waals surface area contributed by atoms with Crippen molar-refractivity contribution in [2.24, 2.45) is 5.92 Å². The Kier molecular flexibility index (Phi) is 5.31. The molecule has 1 atom stereocenters. The Hall–Kier alpha value is -1.20. The van der Waals surface area contributed by atoms with Gasteiger partial charge in [-0.15, -0.1) is 0 Å². The highest BCUT2D eigenvalue weighted by atomic mass is 35.5. The van der Waals surface area contributed by atoms with Gasteiger partial charge >= 0.3 is 0 Å². The second-order valence-electron chi connectivity index (χ2n) is 4.21. The van der Waals surface area contributed by atoms with Crippen molar-refractivity contribution in [2.75, 3.05) is 6.61 Å². The van der Waals surface area contributed by atoms with Gasteiger partial charge in [-0.3, -0.25) is 4.79 Å². The Bertz CT molecular complexity index is 367. The van der Waals surface area contributed by atoms with Gasteiger partial charge in [0.2, 0.25) is 0 Å². The molecule has 0 aliphatic heterocycles. The zero-order valence-electron chi connectivity index (χ0n) is 9.85. The van der Waals surface area contributed by atoms with Gasteiger partial charge in [0.1, 0.15) is 10.8 Å². The lowest BCUT2D eigenvalue weighted by molar-refractivity contribution is 0.0903. The van der Waals surface area contributed by atoms with Crippen LogP contribution in [0.3, 0.4) is 0 Å². The van der Waals surface area contributed by atoms with Crippen LogP contribution in [0.25, 0.3) is 0 Å². The van der Waals surface area contributed by atoms with Gasteiger partial charge in [0.15, 0.2) is 0 Å². The topological polar surface area (TPSA) is 75.1 Å². The number of hydrogen-bond acceptors (Lipinski definition) is 4. The van der Waals surface area contributed by atoms with E-state index in [-0.39, 0.29) is 29.4 Å². The minimum Gasteiger partial charge on any atom is -0.394 e. The van der Waals surface area contributed by atoms with Crippen molar-refractivity contribution in [1.29, 1.82) is 0 Å². The second kappa shape index (κ2) is 6.51. The summed E-state index contributed by atoms with van der Waals surface area (Å²) in [6.07, 6.45) is 3.33. The summed E-state index contributed by atoms with van der Waals surface area (Å²) in [6.45, 7) is 3.96. The van der Waals surface area contributed by atoms with Crippen LogP contribution in [0.5, 0.6) is 0 Å². The fourth-order valence-corrected chi connectivity index (χ4v) is 1.53. The van der Waals surface area contributed by atoms with Gasteiger partial charge in [-0.2, -0.15) is 0 Å². The molecule has 0 aliphatic carbocycles. The van der Waals surface area contributed by atoms with E-state index in [1.807, 2.05) is 13.8 Å². The van der Waals surface area contributed by atoms with Gasteiger partial charge in [0, 0.05) is 0 Å². The van der Waals surface area contributed by atoms with E-state index in [9.17, 15) is 4.79 Å². The van der Waals surface area contributed by atoms with Crippen LogP contribution in [0.2, 0.25) is 5.15 Å². The second-order valence-corrected chi connectivity index (χ2v) is 4.59. The van der Waals surface area contributed by atoms with Crippen LogP contribution in [0.4, 0.5) is 0 Å². The Morgan fingerprint density at radius 1 is 1.47 bits per heavy atom. The fraction of sp³-hybridized carbons (Fsp3) is 0.545. The van der Waals surface area contributed by atoms with Crippen molar-refractivity contribution in [3.63, 3.8) is 0 Å². The number of hydrogen-bond donors (Lipinski definition) is 2. The number of amides is 1. The van der Waals surface area contributed by atoms with Crippen molar-refractivity contribution in [2.45, 2.75) is 26.3 Å². The van der Waals surface area contributed by atoms with E-state index in [1.54, 1.807) is 0 Å². The molecule has 0 aliphatic rings. The van der Waals surface area contributed by atoms with E-state index < -0.39 is 0 Å². The first kappa shape index (κ1) is 13.9. The lowest BCUT2D eigenvalue weighted by atomic mass is 10.0. The number of aromatic nitrogens is 2. The molecule has 0 radical (unpaired) electrons. The molecule has 0 spiro atoms. The number of nitrogens with one attached hydrogen (secondary N) is 1. The lowest BCUT2D eigenvalue weighted by Crippen LogP contribution is -2.38. The molecule has 1 unspecified atom stereocenters. The van der Waals surface area contributed by atoms with Crippen molar-refractivity contribution in [3.05, 3.63) is 23.2 Å². The summed E-state index contributed by atoms with van der Waals surface area (Å²) in [4.78, 5) is 19.4. The number of rotatable bonds is 5. The first-order valence-electron chi connectivity index (χ1n) is 5.42. The molecular weight excluding hydrogens is 242 g/mol. The van der Waals surface area contributed by atoms with Crippen LogP contribution >= 0.6 is 11.6 Å². The average Bonchev–Trinajstić information content (AvgIpc) is 2.28. The molecule has 2 N–H and O–H groups in total. The largest absolute Gasteiger partial charge is 0.394 e. The summed E-state index contributed by atoms with van der Waals surface area (Å²) in [5.74, 6) is 0.0395. The number of carbonyl (C=O) groups is 1. The van der Waals surface area contributed by atoms with E-state index >= 15 is 0 Å². The maximum atomic E-state index is 11.7. The number of nitrogens with zero attached hydrogens (tertiary/aromatic N) is 2. The minimum absolute atomic E-state index is 0.0923. The SMILES string of the molecule is CC(C)CC(CO)NC(=O)c1cnc(Cl)cn1. The molecule has 0 bridgehead atoms. The van der Waals surface area contributed by atoms with Crippen LogP contribution < -0.4 is 5.32 Å². The first-order valence-corrected chi connectivity index (χ1v) is 5.80. The maximum Gasteiger partial charge on any atom is 0.271 e. The smallest absolute Gasteiger partial charge is 0.271 e. The van der Waals surface area contributed by atoms with E-state index in [1.165, 1.54) is 12.4 Å². The highest BCUT2D eigenvalue weighted by Gasteiger charge is 2.15. The molecule has 0 aromatic carbocycles. The van der Waals surface area contributed by atoms with Gasteiger partial charge in [0.25, 0.3) is 5.91 Å². The molecule has 1 aromatic heterocycles. The normalized spacial score (nSPS) is 12.5. The van der Waals surface area contributed by atoms with Gasteiger partial charge in [-0.05, 0) is 12.3 Å². The summed E-state index contributed by atoms with van der Waals surface area (Å²) in [5, 5.41) is 12.1. The third kappa shape index (κ3) is 4.66. The molecule has 1 heterocycles. The number of halogens is 1. The maximum absolute atomic E-state index is 11.7. The van der Waals surface area contributed by atoms with Crippen LogP contribution in [-0.4, -0.2) is 33.6 Å². The van der Waals surface area contributed by atoms with E-state index in [4.69, 9.17) is 16.7 Å². The molecule has 1 amide bonds. The Labute approximate surface area is 105 Å². The Morgan fingerprint density at radius 3 is 2.65 bits per heavy atom. The van der Waals surface area contributed by atoms with Crippen molar-refractivity contribution < 1.29 is 9.90 Å². The predicted molar refractivity (Wildman–Crippen MR) is 64.8 cm³/mol. The Morgan fingerprint density at radius 2 is 2.18 bits per heavy atom. The standard InChI is InChI=1S/C11H16ClN3O2/c1-7(2)3-8(6-16)15-11(17)9-4-14-10(12)5-13-9/h4-5,7-8,16H,3,6H2,1-2H3,(H,15,17). The minimum atomic E-state index is -0.353. The zero-order chi connectivity index (χ0) is 12.8. The highest BCUT2D eigenvalue weighted by Crippen LogP contribution is 2.06. The molecule has 0 fully saturated rings. The van der Waals surface area contributed by atoms with Crippen molar-refractivity contribution in [3.8, 4) is 0 Å². The van der Waals surface area contributed by atoms with E-state index in [2.05, 4.69) is 15.3 Å². The van der Waals surface area contributed by atoms with Crippen molar-refractivity contribution >= 4 is 17.5 Å². The summed E-state index contributed by atoms with van der Waals surface area (Å²) in [5.41, 5.74) is 0.191. The van der Waals surface area contributed by atoms with E-state index in [0.29, 0.717) is 12.3 Å². The molecule has 0 saturated heterocycles. The third-order valence-corrected chi connectivity index (χ3v) is 2.36. The number of carbonyl (C=O) groups excluding carboxylic acids is 1. The highest BCUT2D eigenvalue weighted by molar-refractivity contribution is 6.29. The van der Waals surface area contributed by atoms with E-state index in [0.717, 1.165) is 0 Å². The summed E-state index contributed by atoms with van der Waals surface area (Å²) in [7, 11) is 0. The van der Waals surface area contributed by atoms with Crippen LogP contribution in [0, 0.1) is 5.92 Å². The summed E-state index contributed by atoms with van der Waals surface area (Å²) >= 11 is 5.57. The zero-order valence-corrected chi connectivity index (χ0v) is 10.6. The van der Waals surface area contributed by atoms with Gasteiger partial charge in [-0.1, -0.05) is 25.4 Å². The third-order valence-electron chi connectivity index (χ3n) is 2.16. The van der Waals surface area contributed by atoms with Crippen LogP contribution in [0.1, 0.15) is 30.8 Å². The first-order chi connectivity index (χ1) is 8.02. The van der Waals surface area contributed by atoms with Gasteiger partial charge < -0.3 is 10.4 Å². The molecule has 94 valence electrons. The van der Waals surface area contributed by atoms with Crippen molar-refractivity contribution in [1.82, 2.24) is 15.3 Å².